The highest BCUT2D eigenvalue weighted by molar-refractivity contribution is 7.59. The molecule has 0 radical (unpaired) electrons. The second-order valence-electron chi connectivity index (χ2n) is 5.61. The number of pyridine rings is 1. The lowest BCUT2D eigenvalue weighted by atomic mass is 10.4. The Morgan fingerprint density at radius 3 is 1.41 bits per heavy atom. The van der Waals surface area contributed by atoms with Crippen molar-refractivity contribution in [3.8, 4) is 0 Å². The van der Waals surface area contributed by atoms with Crippen molar-refractivity contribution in [1.82, 2.24) is 4.98 Å². The van der Waals surface area contributed by atoms with Crippen molar-refractivity contribution in [1.29, 1.82) is 0 Å². The molecule has 1 heterocycles. The Hall–Kier alpha value is -0.390. The quantitative estimate of drug-likeness (QED) is 0.436. The van der Waals surface area contributed by atoms with Crippen molar-refractivity contribution in [3.63, 3.8) is 0 Å². The van der Waals surface area contributed by atoms with Crippen molar-refractivity contribution in [2.75, 3.05) is 34.8 Å². The normalized spacial score (nSPS) is 11.2. The van der Waals surface area contributed by atoms with Gasteiger partial charge in [0.25, 0.3) is 0 Å². The summed E-state index contributed by atoms with van der Waals surface area (Å²) in [6, 6.07) is 6.33. The predicted molar refractivity (Wildman–Crippen MR) is 106 cm³/mol. The van der Waals surface area contributed by atoms with Crippen LogP contribution in [0.1, 0.15) is 53.4 Å². The first-order chi connectivity index (χ1) is 10.7. The second-order valence-corrected chi connectivity index (χ2v) is 10.0. The molecular formula is C17H33N3P2. The number of nitrogens with one attached hydrogen (secondary N) is 2. The third-order valence-corrected chi connectivity index (χ3v) is 8.31. The van der Waals surface area contributed by atoms with Gasteiger partial charge in [-0.3, -0.25) is 0 Å². The Bertz CT molecular complexity index is 356. The molecule has 1 aromatic rings. The molecule has 0 amide bonds. The zero-order valence-corrected chi connectivity index (χ0v) is 16.5. The molecule has 0 spiro atoms. The van der Waals surface area contributed by atoms with Gasteiger partial charge in [0, 0.05) is 0 Å². The molecule has 0 saturated heterocycles. The van der Waals surface area contributed by atoms with E-state index in [4.69, 9.17) is 4.98 Å². The minimum absolute atomic E-state index is 0.118. The smallest absolute Gasteiger partial charge is 0.131 e. The lowest BCUT2D eigenvalue weighted by Crippen LogP contribution is -2.04. The SMILES string of the molecule is CCCP(CCC)Nc1cccc(NP(CCC)CCC)n1. The van der Waals surface area contributed by atoms with E-state index in [1.807, 2.05) is 0 Å². The van der Waals surface area contributed by atoms with E-state index in [0.29, 0.717) is 0 Å². The molecule has 0 atom stereocenters. The molecular weight excluding hydrogens is 308 g/mol. The molecule has 1 aromatic heterocycles. The third-order valence-electron chi connectivity index (χ3n) is 3.27. The van der Waals surface area contributed by atoms with Crippen LogP contribution in [0.25, 0.3) is 0 Å². The van der Waals surface area contributed by atoms with Crippen LogP contribution in [-0.2, 0) is 0 Å². The van der Waals surface area contributed by atoms with Gasteiger partial charge < -0.3 is 10.2 Å². The summed E-state index contributed by atoms with van der Waals surface area (Å²) in [6.45, 7) is 9.06. The molecule has 0 aliphatic carbocycles. The number of aromatic nitrogens is 1. The number of nitrogens with zero attached hydrogens (tertiary/aromatic N) is 1. The van der Waals surface area contributed by atoms with Gasteiger partial charge in [0.15, 0.2) is 0 Å². The van der Waals surface area contributed by atoms with Crippen LogP contribution in [-0.4, -0.2) is 29.6 Å². The summed E-state index contributed by atoms with van der Waals surface area (Å²) >= 11 is 0. The van der Waals surface area contributed by atoms with Crippen LogP contribution in [0.5, 0.6) is 0 Å². The Morgan fingerprint density at radius 2 is 1.09 bits per heavy atom. The zero-order valence-electron chi connectivity index (χ0n) is 14.7. The van der Waals surface area contributed by atoms with Gasteiger partial charge >= 0.3 is 0 Å². The summed E-state index contributed by atoms with van der Waals surface area (Å²) in [5.41, 5.74) is 0. The Kier molecular flexibility index (Phi) is 10.8. The van der Waals surface area contributed by atoms with Crippen LogP contribution in [0, 0.1) is 0 Å². The van der Waals surface area contributed by atoms with Crippen LogP contribution < -0.4 is 10.2 Å². The van der Waals surface area contributed by atoms with E-state index in [1.54, 1.807) is 0 Å². The fourth-order valence-corrected chi connectivity index (χ4v) is 6.36. The van der Waals surface area contributed by atoms with Crippen molar-refractivity contribution < 1.29 is 0 Å². The summed E-state index contributed by atoms with van der Waals surface area (Å²) in [4.78, 5) is 4.79. The molecule has 3 nitrogen and oxygen atoms in total. The lowest BCUT2D eigenvalue weighted by Gasteiger charge is -2.21. The third kappa shape index (κ3) is 7.75. The summed E-state index contributed by atoms with van der Waals surface area (Å²) in [6.07, 6.45) is 10.1. The first-order valence-electron chi connectivity index (χ1n) is 8.73. The second kappa shape index (κ2) is 12.1. The molecule has 0 bridgehead atoms. The molecule has 1 rings (SSSR count). The minimum atomic E-state index is -0.118. The highest BCUT2D eigenvalue weighted by Gasteiger charge is 2.09. The van der Waals surface area contributed by atoms with Crippen LogP contribution in [0.4, 0.5) is 11.6 Å². The maximum Gasteiger partial charge on any atom is 0.131 e. The van der Waals surface area contributed by atoms with E-state index < -0.39 is 0 Å². The Labute approximate surface area is 139 Å². The average Bonchev–Trinajstić information content (AvgIpc) is 2.49. The van der Waals surface area contributed by atoms with Crippen LogP contribution >= 0.6 is 16.1 Å². The molecule has 126 valence electrons. The van der Waals surface area contributed by atoms with E-state index >= 15 is 0 Å². The fourth-order valence-electron chi connectivity index (χ4n) is 2.41. The molecule has 0 fully saturated rings. The first kappa shape index (κ1) is 19.7. The largest absolute Gasteiger partial charge is 0.349 e. The van der Waals surface area contributed by atoms with E-state index in [0.717, 1.165) is 11.6 Å². The Balaban J connectivity index is 2.67. The van der Waals surface area contributed by atoms with Gasteiger partial charge in [-0.05, 0) is 52.9 Å². The molecule has 2 N–H and O–H groups in total. The van der Waals surface area contributed by atoms with E-state index in [1.165, 1.54) is 50.3 Å². The van der Waals surface area contributed by atoms with Crippen LogP contribution in [0.2, 0.25) is 0 Å². The summed E-state index contributed by atoms with van der Waals surface area (Å²) in [5.74, 6) is 2.09. The number of rotatable bonds is 12. The molecule has 5 heteroatoms. The summed E-state index contributed by atoms with van der Waals surface area (Å²) in [5, 5.41) is 7.36. The lowest BCUT2D eigenvalue weighted by molar-refractivity contribution is 1.05. The van der Waals surface area contributed by atoms with E-state index in [9.17, 15) is 0 Å². The van der Waals surface area contributed by atoms with Gasteiger partial charge in [-0.25, -0.2) is 4.98 Å². The minimum Gasteiger partial charge on any atom is -0.349 e. The average molecular weight is 341 g/mol. The van der Waals surface area contributed by atoms with Crippen LogP contribution in [0.3, 0.4) is 0 Å². The monoisotopic (exact) mass is 341 g/mol. The number of hydrogen-bond acceptors (Lipinski definition) is 3. The molecule has 0 aliphatic rings. The highest BCUT2D eigenvalue weighted by atomic mass is 31.1. The zero-order chi connectivity index (χ0) is 16.2. The number of anilines is 2. The molecule has 0 aliphatic heterocycles. The predicted octanol–water partition coefficient (Wildman–Crippen LogP) is 6.34. The summed E-state index contributed by atoms with van der Waals surface area (Å²) in [7, 11) is -0.237. The maximum absolute atomic E-state index is 4.79. The Morgan fingerprint density at radius 1 is 0.727 bits per heavy atom. The fraction of sp³-hybridized carbons (Fsp3) is 0.706. The maximum atomic E-state index is 4.79. The van der Waals surface area contributed by atoms with E-state index in [2.05, 4.69) is 56.1 Å². The van der Waals surface area contributed by atoms with Gasteiger partial charge in [0.2, 0.25) is 0 Å². The van der Waals surface area contributed by atoms with E-state index in [-0.39, 0.29) is 16.1 Å². The van der Waals surface area contributed by atoms with Gasteiger partial charge in [-0.15, -0.1) is 0 Å². The van der Waals surface area contributed by atoms with Gasteiger partial charge in [-0.2, -0.15) is 0 Å². The van der Waals surface area contributed by atoms with Crippen molar-refractivity contribution in [2.45, 2.75) is 53.4 Å². The van der Waals surface area contributed by atoms with Crippen molar-refractivity contribution in [2.24, 2.45) is 0 Å². The summed E-state index contributed by atoms with van der Waals surface area (Å²) < 4.78 is 0. The highest BCUT2D eigenvalue weighted by Crippen LogP contribution is 2.39. The number of hydrogen-bond donors (Lipinski definition) is 2. The van der Waals surface area contributed by atoms with Crippen molar-refractivity contribution >= 4 is 27.8 Å². The molecule has 22 heavy (non-hydrogen) atoms. The van der Waals surface area contributed by atoms with Gasteiger partial charge in [0.1, 0.15) is 11.6 Å². The van der Waals surface area contributed by atoms with Gasteiger partial charge in [0.05, 0.1) is 0 Å². The van der Waals surface area contributed by atoms with Crippen LogP contribution in [0.15, 0.2) is 18.2 Å². The standard InChI is InChI=1S/C17H33N3P2/c1-5-12-21(13-6-2)19-16-10-9-11-17(18-16)20-22(14-7-3)15-8-4/h9-11H,5-8,12-15H2,1-4H3,(H2,18,19,20). The molecule has 0 saturated carbocycles. The molecule has 0 aromatic carbocycles. The molecule has 0 unspecified atom stereocenters. The van der Waals surface area contributed by atoms with Gasteiger partial charge in [-0.1, -0.05) is 59.4 Å². The van der Waals surface area contributed by atoms with Crippen molar-refractivity contribution in [3.05, 3.63) is 18.2 Å². The first-order valence-corrected chi connectivity index (χ1v) is 12.2. The topological polar surface area (TPSA) is 37.0 Å².